The molecular formula is C59H61Cl2N8O9P. The Kier molecular flexibility index (Phi) is 17.2. The molecule has 0 spiro atoms. The number of imidazole rings is 1. The van der Waals surface area contributed by atoms with Crippen molar-refractivity contribution in [2.24, 2.45) is 0 Å². The first-order valence-corrected chi connectivity index (χ1v) is 27.6. The Hall–Kier alpha value is -6.84. The standard InChI is InChI=1S/C59H61Cl2N8O9P/c1-35(2)69(36(3)4)79(76-29-13-28-62)78-51-48(32-75-59(39-14-11-10-12-15-39,40-20-24-42(73-8)25-21-40)41-22-26-43(74-9)27-23-41)77-57(50(51)68-55(71)44-30-46(60)47(61)31-45(44)56(68)72)67-34-65-49-52(63-33-64-53(49)67)66-54(70)37-16-18-38(19-17-37)58(5,6)7/h10-12,14-27,30-31,33-36,48,50-51,57H,13,29,32H2,1-9H3,(H,63,64,66,70)/t48-,50-,51-,57-,79?/m1/s1. The Bertz CT molecular complexity index is 3280. The molecule has 3 amide bonds. The molecule has 4 heterocycles. The summed E-state index contributed by atoms with van der Waals surface area (Å²) < 4.78 is 43.6. The van der Waals surface area contributed by atoms with E-state index in [0.29, 0.717) is 17.1 Å². The first-order valence-electron chi connectivity index (χ1n) is 25.8. The van der Waals surface area contributed by atoms with Crippen LogP contribution in [-0.4, -0.2) is 105 Å². The highest BCUT2D eigenvalue weighted by molar-refractivity contribution is 7.44. The number of hydrogen-bond donors (Lipinski definition) is 1. The summed E-state index contributed by atoms with van der Waals surface area (Å²) in [5, 5.41) is 12.8. The van der Waals surface area contributed by atoms with Gasteiger partial charge in [0.1, 0.15) is 41.7 Å². The van der Waals surface area contributed by atoms with Crippen LogP contribution in [0.5, 0.6) is 11.5 Å². The topological polar surface area (TPSA) is 192 Å². The molecule has 0 bridgehead atoms. The number of nitriles is 1. The maximum Gasteiger partial charge on any atom is 0.262 e. The Morgan fingerprint density at radius 3 is 1.89 bits per heavy atom. The van der Waals surface area contributed by atoms with E-state index in [-0.39, 0.29) is 75.3 Å². The monoisotopic (exact) mass is 1130 g/mol. The highest BCUT2D eigenvalue weighted by Crippen LogP contribution is 2.53. The number of rotatable bonds is 20. The number of amides is 3. The van der Waals surface area contributed by atoms with Gasteiger partial charge in [0.25, 0.3) is 26.2 Å². The van der Waals surface area contributed by atoms with Gasteiger partial charge in [0.05, 0.1) is 67.4 Å². The van der Waals surface area contributed by atoms with Gasteiger partial charge in [-0.3, -0.25) is 23.9 Å². The SMILES string of the molecule is COc1ccc(C(OC[C@H]2O[C@@H](n3cnc4c(NC(=O)c5ccc(C(C)(C)C)cc5)ncnc43)[C@H](N3C(=O)c4cc(Cl)c(Cl)cc4C3=O)[C@@H]2OP(OCCC#N)N(C(C)C)C(C)C)(c2ccccc2)c2ccc(OC)cc2)cc1. The van der Waals surface area contributed by atoms with Crippen LogP contribution in [-0.2, 0) is 29.5 Å². The number of methoxy groups -OCH3 is 2. The molecule has 1 fully saturated rings. The number of ether oxygens (including phenoxy) is 4. The van der Waals surface area contributed by atoms with Gasteiger partial charge in [-0.25, -0.2) is 19.6 Å². The van der Waals surface area contributed by atoms with Crippen LogP contribution in [0.15, 0.2) is 128 Å². The van der Waals surface area contributed by atoms with Crippen molar-refractivity contribution < 1.29 is 42.4 Å². The van der Waals surface area contributed by atoms with Crippen LogP contribution in [0.3, 0.4) is 0 Å². The van der Waals surface area contributed by atoms with Gasteiger partial charge < -0.3 is 33.3 Å². The van der Waals surface area contributed by atoms with Crippen molar-refractivity contribution >= 4 is 66.4 Å². The average molecular weight is 1130 g/mol. The van der Waals surface area contributed by atoms with Gasteiger partial charge in [0.15, 0.2) is 23.2 Å². The lowest BCUT2D eigenvalue weighted by atomic mass is 9.80. The fourth-order valence-corrected chi connectivity index (χ4v) is 12.2. The van der Waals surface area contributed by atoms with Crippen LogP contribution in [0.1, 0.15) is 114 Å². The third-order valence-electron chi connectivity index (χ3n) is 14.0. The molecule has 9 rings (SSSR count). The number of nitrogens with one attached hydrogen (secondary N) is 1. The summed E-state index contributed by atoms with van der Waals surface area (Å²) in [7, 11) is 1.09. The van der Waals surface area contributed by atoms with Crippen LogP contribution < -0.4 is 14.8 Å². The van der Waals surface area contributed by atoms with Crippen molar-refractivity contribution in [2.45, 2.75) is 102 Å². The molecule has 0 saturated carbocycles. The molecule has 2 aliphatic heterocycles. The van der Waals surface area contributed by atoms with Gasteiger partial charge >= 0.3 is 0 Å². The summed E-state index contributed by atoms with van der Waals surface area (Å²) in [6.07, 6.45) is -0.895. The molecule has 0 radical (unpaired) electrons. The number of carbonyl (C=O) groups excluding carboxylic acids is 3. The lowest BCUT2D eigenvalue weighted by molar-refractivity contribution is -0.0917. The molecule has 0 aliphatic carbocycles. The molecule has 2 aliphatic rings. The molecular weight excluding hydrogens is 1070 g/mol. The highest BCUT2D eigenvalue weighted by atomic mass is 35.5. The fourth-order valence-electron chi connectivity index (χ4n) is 10.1. The first-order chi connectivity index (χ1) is 37.9. The summed E-state index contributed by atoms with van der Waals surface area (Å²) in [4.78, 5) is 59.2. The zero-order chi connectivity index (χ0) is 56.3. The van der Waals surface area contributed by atoms with Crippen LogP contribution in [0.25, 0.3) is 11.2 Å². The molecule has 2 aromatic heterocycles. The van der Waals surface area contributed by atoms with E-state index in [9.17, 15) is 10.1 Å². The van der Waals surface area contributed by atoms with E-state index >= 15 is 9.59 Å². The number of fused-ring (bicyclic) bond motifs is 2. The van der Waals surface area contributed by atoms with Crippen molar-refractivity contribution in [1.29, 1.82) is 5.26 Å². The normalized spacial score (nSPS) is 17.9. The molecule has 20 heteroatoms. The predicted octanol–water partition coefficient (Wildman–Crippen LogP) is 11.9. The molecule has 5 aromatic carbocycles. The van der Waals surface area contributed by atoms with Crippen molar-refractivity contribution in [1.82, 2.24) is 29.1 Å². The van der Waals surface area contributed by atoms with E-state index in [4.69, 9.17) is 56.2 Å². The minimum absolute atomic E-state index is 0.00929. The molecule has 79 heavy (non-hydrogen) atoms. The van der Waals surface area contributed by atoms with Crippen LogP contribution >= 0.6 is 31.7 Å². The summed E-state index contributed by atoms with van der Waals surface area (Å²) in [6, 6.07) is 35.5. The summed E-state index contributed by atoms with van der Waals surface area (Å²) >= 11 is 13.1. The van der Waals surface area contributed by atoms with E-state index < -0.39 is 56.3 Å². The van der Waals surface area contributed by atoms with E-state index in [0.717, 1.165) is 27.2 Å². The highest BCUT2D eigenvalue weighted by Gasteiger charge is 2.57. The second kappa shape index (κ2) is 23.9. The zero-order valence-electron chi connectivity index (χ0n) is 45.2. The van der Waals surface area contributed by atoms with E-state index in [2.05, 4.69) is 42.1 Å². The molecule has 1 unspecified atom stereocenters. The van der Waals surface area contributed by atoms with Crippen molar-refractivity contribution in [3.63, 3.8) is 0 Å². The number of hydrogen-bond acceptors (Lipinski definition) is 14. The van der Waals surface area contributed by atoms with Gasteiger partial charge in [-0.1, -0.05) is 111 Å². The summed E-state index contributed by atoms with van der Waals surface area (Å²) in [5.41, 5.74) is 2.61. The first kappa shape index (κ1) is 56.9. The van der Waals surface area contributed by atoms with Gasteiger partial charge in [-0.2, -0.15) is 5.26 Å². The Labute approximate surface area is 470 Å². The largest absolute Gasteiger partial charge is 0.497 e. The second-order valence-corrected chi connectivity index (χ2v) is 22.8. The van der Waals surface area contributed by atoms with Gasteiger partial charge in [-0.15, -0.1) is 0 Å². The smallest absolute Gasteiger partial charge is 0.262 e. The van der Waals surface area contributed by atoms with Crippen LogP contribution in [0.4, 0.5) is 5.82 Å². The summed E-state index contributed by atoms with van der Waals surface area (Å²) in [5.74, 6) is -0.454. The predicted molar refractivity (Wildman–Crippen MR) is 301 cm³/mol. The number of benzene rings is 5. The van der Waals surface area contributed by atoms with E-state index in [1.54, 1.807) is 30.9 Å². The number of nitrogens with zero attached hydrogens (tertiary/aromatic N) is 7. The number of imide groups is 1. The quantitative estimate of drug-likeness (QED) is 0.0328. The third kappa shape index (κ3) is 11.4. The number of aromatic nitrogens is 4. The minimum atomic E-state index is -2.10. The number of halogens is 2. The van der Waals surface area contributed by atoms with Crippen LogP contribution in [0.2, 0.25) is 10.0 Å². The van der Waals surface area contributed by atoms with E-state index in [1.807, 2.05) is 123 Å². The number of carbonyl (C=O) groups is 3. The maximum absolute atomic E-state index is 15.2. The Morgan fingerprint density at radius 2 is 1.35 bits per heavy atom. The van der Waals surface area contributed by atoms with Crippen molar-refractivity contribution in [3.8, 4) is 17.6 Å². The summed E-state index contributed by atoms with van der Waals surface area (Å²) in [6.45, 7) is 14.1. The molecule has 17 nitrogen and oxygen atoms in total. The average Bonchev–Trinajstić information content (AvgIpc) is 4.23. The molecule has 1 N–H and O–H groups in total. The van der Waals surface area contributed by atoms with Gasteiger partial charge in [0, 0.05) is 17.6 Å². The maximum atomic E-state index is 15.2. The van der Waals surface area contributed by atoms with Gasteiger partial charge in [-0.05, 0) is 104 Å². The Balaban J connectivity index is 1.23. The van der Waals surface area contributed by atoms with Crippen LogP contribution in [0, 0.1) is 11.3 Å². The Morgan fingerprint density at radius 1 is 0.797 bits per heavy atom. The van der Waals surface area contributed by atoms with Gasteiger partial charge in [0.2, 0.25) is 0 Å². The van der Waals surface area contributed by atoms with Crippen molar-refractivity contribution in [3.05, 3.63) is 177 Å². The lowest BCUT2D eigenvalue weighted by Gasteiger charge is -2.40. The molecule has 410 valence electrons. The molecule has 7 aromatic rings. The third-order valence-corrected chi connectivity index (χ3v) is 16.8. The molecule has 1 saturated heterocycles. The minimum Gasteiger partial charge on any atom is -0.497 e. The zero-order valence-corrected chi connectivity index (χ0v) is 47.6. The van der Waals surface area contributed by atoms with E-state index in [1.165, 1.54) is 24.8 Å². The lowest BCUT2D eigenvalue weighted by Crippen LogP contribution is -2.51. The fraction of sp³-hybridized carbons (Fsp3) is 0.339. The second-order valence-electron chi connectivity index (χ2n) is 20.6. The number of anilines is 1. The van der Waals surface area contributed by atoms with Crippen molar-refractivity contribution in [2.75, 3.05) is 32.8 Å². The molecule has 5 atom stereocenters.